The molecule has 0 radical (unpaired) electrons. The predicted molar refractivity (Wildman–Crippen MR) is 79.8 cm³/mol. The quantitative estimate of drug-likeness (QED) is 0.688. The highest BCUT2D eigenvalue weighted by Gasteiger charge is 2.07. The normalized spacial score (nSPS) is 10.5. The summed E-state index contributed by atoms with van der Waals surface area (Å²) in [6.07, 6.45) is 0. The molecule has 1 heterocycles. The predicted octanol–water partition coefficient (Wildman–Crippen LogP) is 3.38. The second kappa shape index (κ2) is 5.71. The molecule has 0 spiro atoms. The van der Waals surface area contributed by atoms with E-state index in [2.05, 4.69) is 0 Å². The average molecular weight is 282 g/mol. The van der Waals surface area contributed by atoms with Crippen LogP contribution in [0.15, 0.2) is 63.8 Å². The van der Waals surface area contributed by atoms with Crippen molar-refractivity contribution in [2.24, 2.45) is 0 Å². The number of methoxy groups -OCH3 is 1. The van der Waals surface area contributed by atoms with Crippen molar-refractivity contribution in [2.45, 2.75) is 6.61 Å². The molecule has 0 saturated carbocycles. The van der Waals surface area contributed by atoms with Crippen LogP contribution in [0.1, 0.15) is 5.56 Å². The average Bonchev–Trinajstić information content (AvgIpc) is 2.53. The third-order valence-corrected chi connectivity index (χ3v) is 3.14. The fraction of sp³-hybridized carbons (Fsp3) is 0.118. The van der Waals surface area contributed by atoms with Crippen LogP contribution in [0.2, 0.25) is 0 Å². The van der Waals surface area contributed by atoms with Crippen LogP contribution in [0.4, 0.5) is 0 Å². The zero-order valence-corrected chi connectivity index (χ0v) is 11.5. The van der Waals surface area contributed by atoms with Gasteiger partial charge in [-0.2, -0.15) is 0 Å². The molecule has 0 aliphatic rings. The first-order valence-corrected chi connectivity index (χ1v) is 6.55. The first-order valence-electron chi connectivity index (χ1n) is 6.55. The Morgan fingerprint density at radius 2 is 1.86 bits per heavy atom. The van der Waals surface area contributed by atoms with Crippen molar-refractivity contribution < 1.29 is 13.9 Å². The van der Waals surface area contributed by atoms with E-state index in [4.69, 9.17) is 13.9 Å². The van der Waals surface area contributed by atoms with Crippen molar-refractivity contribution in [1.29, 1.82) is 0 Å². The number of hydrogen-bond donors (Lipinski definition) is 0. The summed E-state index contributed by atoms with van der Waals surface area (Å²) >= 11 is 0. The van der Waals surface area contributed by atoms with Gasteiger partial charge in [-0.05, 0) is 29.8 Å². The Labute approximate surface area is 121 Å². The summed E-state index contributed by atoms with van der Waals surface area (Å²) < 4.78 is 16.0. The van der Waals surface area contributed by atoms with E-state index < -0.39 is 5.63 Å². The van der Waals surface area contributed by atoms with Gasteiger partial charge in [-0.15, -0.1) is 0 Å². The van der Waals surface area contributed by atoms with Crippen LogP contribution in [0.3, 0.4) is 0 Å². The molecule has 0 saturated heterocycles. The second-order valence-electron chi connectivity index (χ2n) is 4.58. The van der Waals surface area contributed by atoms with Crippen LogP contribution < -0.4 is 15.1 Å². The van der Waals surface area contributed by atoms with E-state index in [1.165, 1.54) is 0 Å². The topological polar surface area (TPSA) is 48.7 Å². The van der Waals surface area contributed by atoms with Crippen molar-refractivity contribution in [3.05, 3.63) is 70.6 Å². The fourth-order valence-electron chi connectivity index (χ4n) is 2.05. The van der Waals surface area contributed by atoms with Crippen LogP contribution in [0.25, 0.3) is 11.0 Å². The third-order valence-electron chi connectivity index (χ3n) is 3.14. The lowest BCUT2D eigenvalue weighted by Gasteiger charge is -2.06. The summed E-state index contributed by atoms with van der Waals surface area (Å²) in [6, 6.07) is 16.6. The van der Waals surface area contributed by atoms with Gasteiger partial charge in [0.2, 0.25) is 5.75 Å². The van der Waals surface area contributed by atoms with E-state index in [1.54, 1.807) is 31.4 Å². The Bertz CT molecular complexity index is 806. The van der Waals surface area contributed by atoms with Gasteiger partial charge in [-0.3, -0.25) is 0 Å². The van der Waals surface area contributed by atoms with Crippen molar-refractivity contribution in [2.75, 3.05) is 7.11 Å². The number of rotatable bonds is 4. The van der Waals surface area contributed by atoms with Gasteiger partial charge in [0.25, 0.3) is 0 Å². The molecule has 21 heavy (non-hydrogen) atoms. The minimum Gasteiger partial charge on any atom is -0.497 e. The molecule has 4 nitrogen and oxygen atoms in total. The van der Waals surface area contributed by atoms with Gasteiger partial charge in [0.1, 0.15) is 17.9 Å². The molecule has 4 heteroatoms. The van der Waals surface area contributed by atoms with Gasteiger partial charge < -0.3 is 13.9 Å². The molecule has 2 aromatic carbocycles. The Morgan fingerprint density at radius 3 is 2.62 bits per heavy atom. The first kappa shape index (κ1) is 13.2. The Morgan fingerprint density at radius 1 is 1.05 bits per heavy atom. The van der Waals surface area contributed by atoms with Crippen LogP contribution in [0.5, 0.6) is 11.5 Å². The lowest BCUT2D eigenvalue weighted by Crippen LogP contribution is -2.06. The molecule has 0 atom stereocenters. The van der Waals surface area contributed by atoms with Crippen molar-refractivity contribution in [3.63, 3.8) is 0 Å². The van der Waals surface area contributed by atoms with E-state index in [9.17, 15) is 4.79 Å². The standard InChI is InChI=1S/C17H14O4/c1-19-14-7-8-15-13(9-14)10-16(17(18)21-15)20-11-12-5-3-2-4-6-12/h2-10H,11H2,1H3. The van der Waals surface area contributed by atoms with Crippen LogP contribution in [-0.2, 0) is 6.61 Å². The summed E-state index contributed by atoms with van der Waals surface area (Å²) in [5.41, 5.74) is 1.01. The third kappa shape index (κ3) is 2.89. The number of ether oxygens (including phenoxy) is 2. The molecule has 0 N–H and O–H groups in total. The summed E-state index contributed by atoms with van der Waals surface area (Å²) in [6.45, 7) is 0.321. The minimum absolute atomic E-state index is 0.194. The van der Waals surface area contributed by atoms with Gasteiger partial charge in [0.15, 0.2) is 0 Å². The van der Waals surface area contributed by atoms with E-state index in [1.807, 2.05) is 30.3 Å². The van der Waals surface area contributed by atoms with Gasteiger partial charge in [0.05, 0.1) is 7.11 Å². The molecule has 0 aliphatic carbocycles. The zero-order valence-electron chi connectivity index (χ0n) is 11.5. The summed E-state index contributed by atoms with van der Waals surface area (Å²) in [4.78, 5) is 11.9. The molecule has 106 valence electrons. The molecule has 0 unspecified atom stereocenters. The zero-order chi connectivity index (χ0) is 14.7. The summed E-state index contributed by atoms with van der Waals surface area (Å²) in [5, 5.41) is 0.761. The molecule has 0 bridgehead atoms. The maximum atomic E-state index is 11.9. The molecule has 3 aromatic rings. The number of hydrogen-bond acceptors (Lipinski definition) is 4. The highest BCUT2D eigenvalue weighted by molar-refractivity contribution is 5.79. The maximum absolute atomic E-state index is 11.9. The first-order chi connectivity index (χ1) is 10.3. The van der Waals surface area contributed by atoms with E-state index in [0.29, 0.717) is 17.9 Å². The Kier molecular flexibility index (Phi) is 3.60. The second-order valence-corrected chi connectivity index (χ2v) is 4.58. The lowest BCUT2D eigenvalue weighted by molar-refractivity contribution is 0.291. The molecule has 0 fully saturated rings. The van der Waals surface area contributed by atoms with Crippen LogP contribution in [-0.4, -0.2) is 7.11 Å². The van der Waals surface area contributed by atoms with E-state index in [-0.39, 0.29) is 5.75 Å². The van der Waals surface area contributed by atoms with Gasteiger partial charge >= 0.3 is 5.63 Å². The number of benzene rings is 2. The molecule has 3 rings (SSSR count). The molecule has 1 aromatic heterocycles. The molecule has 0 aliphatic heterocycles. The molecular weight excluding hydrogens is 268 g/mol. The van der Waals surface area contributed by atoms with Crippen molar-refractivity contribution >= 4 is 11.0 Å². The lowest BCUT2D eigenvalue weighted by atomic mass is 10.2. The monoisotopic (exact) mass is 282 g/mol. The smallest absolute Gasteiger partial charge is 0.379 e. The van der Waals surface area contributed by atoms with Crippen molar-refractivity contribution in [1.82, 2.24) is 0 Å². The highest BCUT2D eigenvalue weighted by atomic mass is 16.5. The number of fused-ring (bicyclic) bond motifs is 1. The van der Waals surface area contributed by atoms with Crippen LogP contribution >= 0.6 is 0 Å². The summed E-state index contributed by atoms with van der Waals surface area (Å²) in [7, 11) is 1.59. The Hall–Kier alpha value is -2.75. The fourth-order valence-corrected chi connectivity index (χ4v) is 2.05. The Balaban J connectivity index is 1.91. The van der Waals surface area contributed by atoms with Crippen LogP contribution in [0, 0.1) is 0 Å². The minimum atomic E-state index is -0.483. The molecular formula is C17H14O4. The highest BCUT2D eigenvalue weighted by Crippen LogP contribution is 2.22. The van der Waals surface area contributed by atoms with Gasteiger partial charge in [0, 0.05) is 5.39 Å². The van der Waals surface area contributed by atoms with Gasteiger partial charge in [-0.1, -0.05) is 30.3 Å². The summed E-state index contributed by atoms with van der Waals surface area (Å²) in [5.74, 6) is 0.893. The SMILES string of the molecule is COc1ccc2oc(=O)c(OCc3ccccc3)cc2c1. The van der Waals surface area contributed by atoms with E-state index >= 15 is 0 Å². The molecule has 0 amide bonds. The van der Waals surface area contributed by atoms with Crippen molar-refractivity contribution in [3.8, 4) is 11.5 Å². The maximum Gasteiger partial charge on any atom is 0.379 e. The largest absolute Gasteiger partial charge is 0.497 e. The van der Waals surface area contributed by atoms with E-state index in [0.717, 1.165) is 10.9 Å². The van der Waals surface area contributed by atoms with Gasteiger partial charge in [-0.25, -0.2) is 4.79 Å².